The Kier molecular flexibility index (Phi) is 7.11. The van der Waals surface area contributed by atoms with Crippen molar-refractivity contribution < 1.29 is 4.79 Å². The Morgan fingerprint density at radius 1 is 0.914 bits per heavy atom. The molecule has 0 bridgehead atoms. The van der Waals surface area contributed by atoms with Gasteiger partial charge in [-0.2, -0.15) is 0 Å². The van der Waals surface area contributed by atoms with Crippen molar-refractivity contribution in [1.82, 2.24) is 40.4 Å². The highest BCUT2D eigenvalue weighted by Gasteiger charge is 2.20. The monoisotopic (exact) mass is 469 g/mol. The highest BCUT2D eigenvalue weighted by atomic mass is 16.1. The van der Waals surface area contributed by atoms with Crippen LogP contribution in [0.15, 0.2) is 67.0 Å². The zero-order valence-corrected chi connectivity index (χ0v) is 19.3. The molecule has 2 N–H and O–H groups in total. The van der Waals surface area contributed by atoms with E-state index in [0.717, 1.165) is 56.2 Å². The van der Waals surface area contributed by atoms with Crippen LogP contribution in [0.1, 0.15) is 21.6 Å². The first-order valence-corrected chi connectivity index (χ1v) is 11.7. The quantitative estimate of drug-likeness (QED) is 0.404. The van der Waals surface area contributed by atoms with Gasteiger partial charge >= 0.3 is 0 Å². The van der Waals surface area contributed by atoms with E-state index in [0.29, 0.717) is 12.0 Å². The summed E-state index contributed by atoms with van der Waals surface area (Å²) in [5, 5.41) is 15.9. The summed E-state index contributed by atoms with van der Waals surface area (Å²) in [5.74, 6) is -0.0628. The van der Waals surface area contributed by atoms with Gasteiger partial charge in [-0.05, 0) is 34.2 Å². The SMILES string of the molecule is O=C(Nc1nnn[nH]1)c1cccnc1CCN1CCN(Cc2cccnc2-c2ccccc2)CC1. The van der Waals surface area contributed by atoms with E-state index in [1.54, 1.807) is 18.3 Å². The zero-order valence-electron chi connectivity index (χ0n) is 19.3. The molecule has 10 nitrogen and oxygen atoms in total. The maximum atomic E-state index is 12.6. The van der Waals surface area contributed by atoms with Gasteiger partial charge < -0.3 is 4.90 Å². The first-order valence-electron chi connectivity index (χ1n) is 11.7. The number of piperazine rings is 1. The molecule has 0 radical (unpaired) electrons. The molecule has 1 aliphatic rings. The molecule has 0 atom stereocenters. The van der Waals surface area contributed by atoms with Crippen LogP contribution in [-0.4, -0.2) is 79.0 Å². The summed E-state index contributed by atoms with van der Waals surface area (Å²) in [7, 11) is 0. The van der Waals surface area contributed by atoms with E-state index in [4.69, 9.17) is 0 Å². The van der Waals surface area contributed by atoms with Crippen molar-refractivity contribution >= 4 is 11.9 Å². The van der Waals surface area contributed by atoms with Gasteiger partial charge in [0.15, 0.2) is 0 Å². The number of carbonyl (C=O) groups is 1. The Bertz CT molecular complexity index is 1240. The summed E-state index contributed by atoms with van der Waals surface area (Å²) in [6.45, 7) is 5.64. The van der Waals surface area contributed by atoms with Crippen molar-refractivity contribution in [1.29, 1.82) is 0 Å². The van der Waals surface area contributed by atoms with Gasteiger partial charge in [-0.25, -0.2) is 5.10 Å². The lowest BCUT2D eigenvalue weighted by Crippen LogP contribution is -2.46. The predicted octanol–water partition coefficient (Wildman–Crippen LogP) is 2.27. The average molecular weight is 470 g/mol. The summed E-state index contributed by atoms with van der Waals surface area (Å²) < 4.78 is 0. The first kappa shape index (κ1) is 22.8. The minimum atomic E-state index is -0.276. The number of amides is 1. The lowest BCUT2D eigenvalue weighted by molar-refractivity contribution is 0.102. The number of carbonyl (C=O) groups excluding carboxylic acids is 1. The Balaban J connectivity index is 1.15. The lowest BCUT2D eigenvalue weighted by atomic mass is 10.1. The van der Waals surface area contributed by atoms with Gasteiger partial charge in [-0.1, -0.05) is 41.5 Å². The Labute approximate surface area is 203 Å². The second kappa shape index (κ2) is 10.9. The van der Waals surface area contributed by atoms with Gasteiger partial charge in [0.2, 0.25) is 5.95 Å². The molecule has 0 aliphatic carbocycles. The van der Waals surface area contributed by atoms with Crippen molar-refractivity contribution in [3.05, 3.63) is 83.8 Å². The van der Waals surface area contributed by atoms with Gasteiger partial charge in [0.05, 0.1) is 17.0 Å². The van der Waals surface area contributed by atoms with Crippen LogP contribution in [0.5, 0.6) is 0 Å². The van der Waals surface area contributed by atoms with Crippen LogP contribution in [0.4, 0.5) is 5.95 Å². The molecule has 3 aromatic heterocycles. The molecule has 5 rings (SSSR count). The fourth-order valence-electron chi connectivity index (χ4n) is 4.33. The number of hydrogen-bond donors (Lipinski definition) is 2. The number of aromatic amines is 1. The molecule has 1 fully saturated rings. The Morgan fingerprint density at radius 3 is 2.49 bits per heavy atom. The van der Waals surface area contributed by atoms with Crippen molar-refractivity contribution in [3.63, 3.8) is 0 Å². The average Bonchev–Trinajstić information content (AvgIpc) is 3.42. The van der Waals surface area contributed by atoms with Crippen LogP contribution in [0.2, 0.25) is 0 Å². The third-order valence-corrected chi connectivity index (χ3v) is 6.17. The number of pyridine rings is 2. The molecule has 35 heavy (non-hydrogen) atoms. The van der Waals surface area contributed by atoms with Gasteiger partial charge in [0.25, 0.3) is 5.91 Å². The number of aromatic nitrogens is 6. The first-order chi connectivity index (χ1) is 17.3. The van der Waals surface area contributed by atoms with Crippen molar-refractivity contribution in [3.8, 4) is 11.3 Å². The molecule has 4 heterocycles. The standard InChI is InChI=1S/C25H27N9O/c35-24(28-25-29-31-32-30-25)21-9-5-11-26-22(21)10-13-33-14-16-34(17-15-33)18-20-8-4-12-27-23(20)19-6-2-1-3-7-19/h1-9,11-12H,10,13-18H2,(H2,28,29,30,31,32,35). The number of tetrazole rings is 1. The number of H-pyrrole nitrogens is 1. The molecule has 1 amide bonds. The van der Waals surface area contributed by atoms with E-state index < -0.39 is 0 Å². The van der Waals surface area contributed by atoms with Crippen molar-refractivity contribution in [2.45, 2.75) is 13.0 Å². The minimum Gasteiger partial charge on any atom is -0.300 e. The van der Waals surface area contributed by atoms with Crippen LogP contribution in [0.25, 0.3) is 11.3 Å². The normalized spacial score (nSPS) is 14.6. The summed E-state index contributed by atoms with van der Waals surface area (Å²) in [6.07, 6.45) is 4.27. The van der Waals surface area contributed by atoms with Crippen LogP contribution >= 0.6 is 0 Å². The number of benzene rings is 1. The van der Waals surface area contributed by atoms with Crippen LogP contribution in [-0.2, 0) is 13.0 Å². The predicted molar refractivity (Wildman–Crippen MR) is 131 cm³/mol. The van der Waals surface area contributed by atoms with Crippen LogP contribution in [0.3, 0.4) is 0 Å². The van der Waals surface area contributed by atoms with E-state index >= 15 is 0 Å². The Hall–Kier alpha value is -4.02. The van der Waals surface area contributed by atoms with Crippen molar-refractivity contribution in [2.75, 3.05) is 38.0 Å². The molecular weight excluding hydrogens is 442 g/mol. The fraction of sp³-hybridized carbons (Fsp3) is 0.280. The van der Waals surface area contributed by atoms with E-state index in [9.17, 15) is 4.79 Å². The lowest BCUT2D eigenvalue weighted by Gasteiger charge is -2.35. The molecule has 0 saturated carbocycles. The third-order valence-electron chi connectivity index (χ3n) is 6.17. The summed E-state index contributed by atoms with van der Waals surface area (Å²) in [5.41, 5.74) is 4.75. The third kappa shape index (κ3) is 5.73. The molecule has 1 aromatic carbocycles. The van der Waals surface area contributed by atoms with Gasteiger partial charge in [-0.15, -0.1) is 0 Å². The van der Waals surface area contributed by atoms with E-state index in [1.807, 2.05) is 18.3 Å². The summed E-state index contributed by atoms with van der Waals surface area (Å²) >= 11 is 0. The summed E-state index contributed by atoms with van der Waals surface area (Å²) in [6, 6.07) is 18.1. The smallest absolute Gasteiger partial charge is 0.259 e. The molecule has 4 aromatic rings. The van der Waals surface area contributed by atoms with Crippen molar-refractivity contribution in [2.24, 2.45) is 0 Å². The van der Waals surface area contributed by atoms with E-state index in [-0.39, 0.29) is 11.9 Å². The largest absolute Gasteiger partial charge is 0.300 e. The molecule has 1 saturated heterocycles. The number of hydrogen-bond acceptors (Lipinski definition) is 8. The summed E-state index contributed by atoms with van der Waals surface area (Å²) in [4.78, 5) is 26.6. The van der Waals surface area contributed by atoms with Crippen LogP contribution in [0, 0.1) is 0 Å². The maximum Gasteiger partial charge on any atom is 0.259 e. The molecule has 0 spiro atoms. The number of nitrogens with zero attached hydrogens (tertiary/aromatic N) is 7. The van der Waals surface area contributed by atoms with E-state index in [2.05, 4.69) is 76.0 Å². The molecule has 178 valence electrons. The molecule has 10 heteroatoms. The Morgan fingerprint density at radius 2 is 1.69 bits per heavy atom. The van der Waals surface area contributed by atoms with E-state index in [1.165, 1.54) is 5.56 Å². The molecule has 0 unspecified atom stereocenters. The minimum absolute atomic E-state index is 0.213. The number of nitrogens with one attached hydrogen (secondary N) is 2. The highest BCUT2D eigenvalue weighted by molar-refractivity contribution is 6.04. The molecule has 1 aliphatic heterocycles. The molecular formula is C25H27N9O. The topological polar surface area (TPSA) is 116 Å². The second-order valence-corrected chi connectivity index (χ2v) is 8.45. The van der Waals surface area contributed by atoms with Gasteiger partial charge in [0, 0.05) is 63.6 Å². The van der Waals surface area contributed by atoms with Crippen LogP contribution < -0.4 is 5.32 Å². The van der Waals surface area contributed by atoms with Gasteiger partial charge in [0.1, 0.15) is 0 Å². The van der Waals surface area contributed by atoms with Gasteiger partial charge in [-0.3, -0.25) is 25.0 Å². The number of anilines is 1. The number of rotatable bonds is 8. The zero-order chi connectivity index (χ0) is 23.9. The maximum absolute atomic E-state index is 12.6. The highest BCUT2D eigenvalue weighted by Crippen LogP contribution is 2.22. The second-order valence-electron chi connectivity index (χ2n) is 8.45. The fourth-order valence-corrected chi connectivity index (χ4v) is 4.33.